The first kappa shape index (κ1) is 37.0. The second kappa shape index (κ2) is 13.0. The standard InChI is InChI=1S/2Na.H5O10P3.3H2O/c;;1-11(2,3)9-13(7,8)10-12(4,5)6;;;/h;;(H,7,8)(H2,1,2,3)(H2,4,5,6);3*1H2/q2*+1;;;;/p-2. The molecule has 18 heteroatoms. The molecule has 0 bridgehead atoms. The maximum absolute atomic E-state index is 10.3. The van der Waals surface area contributed by atoms with E-state index in [-0.39, 0.29) is 75.5 Å². The SMILES string of the molecule is O.O.O.O=P([O-])([O-])OP(=O)(O)OP(=O)(O)O.[Na+].[Na+]. The minimum Gasteiger partial charge on any atom is -0.789 e. The van der Waals surface area contributed by atoms with Gasteiger partial charge in [-0.15, -0.1) is 0 Å². The van der Waals surface area contributed by atoms with Crippen LogP contribution in [0.15, 0.2) is 0 Å². The van der Waals surface area contributed by atoms with Crippen molar-refractivity contribution in [2.45, 2.75) is 0 Å². The predicted molar refractivity (Wildman–Crippen MR) is 42.5 cm³/mol. The van der Waals surface area contributed by atoms with Crippen molar-refractivity contribution >= 4 is 23.5 Å². The molecule has 0 amide bonds. The Morgan fingerprint density at radius 2 is 1.06 bits per heavy atom. The second-order valence-corrected chi connectivity index (χ2v) is 5.69. The summed E-state index contributed by atoms with van der Waals surface area (Å²) < 4.78 is 35.7. The van der Waals surface area contributed by atoms with Crippen LogP contribution in [0.5, 0.6) is 0 Å². The van der Waals surface area contributed by atoms with Crippen molar-refractivity contribution in [3.8, 4) is 0 Å². The Morgan fingerprint density at radius 1 is 0.778 bits per heavy atom. The first-order valence-electron chi connectivity index (χ1n) is 2.24. The molecule has 0 aromatic heterocycles. The van der Waals surface area contributed by atoms with Gasteiger partial charge in [-0.05, 0) is 0 Å². The number of rotatable bonds is 4. The van der Waals surface area contributed by atoms with Crippen LogP contribution in [0.3, 0.4) is 0 Å². The molecule has 0 aliphatic carbocycles. The van der Waals surface area contributed by atoms with E-state index in [1.165, 1.54) is 0 Å². The van der Waals surface area contributed by atoms with Gasteiger partial charge in [-0.1, -0.05) is 0 Å². The van der Waals surface area contributed by atoms with Gasteiger partial charge in [0.05, 0.1) is 7.82 Å². The van der Waals surface area contributed by atoms with Crippen LogP contribution in [0.2, 0.25) is 0 Å². The zero-order valence-corrected chi connectivity index (χ0v) is 15.7. The second-order valence-electron chi connectivity index (χ2n) is 1.57. The van der Waals surface area contributed by atoms with Crippen molar-refractivity contribution < 1.29 is 122 Å². The van der Waals surface area contributed by atoms with Gasteiger partial charge < -0.3 is 45.5 Å². The van der Waals surface area contributed by atoms with Crippen LogP contribution in [-0.2, 0) is 22.3 Å². The Morgan fingerprint density at radius 3 is 1.22 bits per heavy atom. The fourth-order valence-electron chi connectivity index (χ4n) is 0.276. The largest absolute Gasteiger partial charge is 1.00 e. The summed E-state index contributed by atoms with van der Waals surface area (Å²) in [4.78, 5) is 43.5. The fourth-order valence-corrected chi connectivity index (χ4v) is 2.75. The van der Waals surface area contributed by atoms with Gasteiger partial charge in [-0.25, -0.2) is 9.13 Å². The Hall–Kier alpha value is 2.29. The van der Waals surface area contributed by atoms with Gasteiger partial charge in [-0.2, -0.15) is 4.31 Å². The molecule has 0 aromatic rings. The molecule has 0 saturated heterocycles. The van der Waals surface area contributed by atoms with Gasteiger partial charge in [0.1, 0.15) is 0 Å². The average Bonchev–Trinajstić information content (AvgIpc) is 1.43. The summed E-state index contributed by atoms with van der Waals surface area (Å²) >= 11 is 0. The Balaban J connectivity index is -0.0000000720. The normalized spacial score (nSPS) is 13.2. The van der Waals surface area contributed by atoms with Crippen molar-refractivity contribution in [1.29, 1.82) is 0 Å². The van der Waals surface area contributed by atoms with Crippen LogP contribution < -0.4 is 68.9 Å². The third-order valence-corrected chi connectivity index (χ3v) is 3.71. The van der Waals surface area contributed by atoms with Gasteiger partial charge in [0.2, 0.25) is 0 Å². The van der Waals surface area contributed by atoms with E-state index in [1.54, 1.807) is 0 Å². The van der Waals surface area contributed by atoms with Crippen LogP contribution in [-0.4, -0.2) is 31.1 Å². The zero-order chi connectivity index (χ0) is 10.9. The molecule has 0 spiro atoms. The van der Waals surface area contributed by atoms with Crippen LogP contribution in [0.1, 0.15) is 0 Å². The average molecular weight is 356 g/mol. The van der Waals surface area contributed by atoms with E-state index in [0.717, 1.165) is 0 Å². The molecule has 0 fully saturated rings. The minimum absolute atomic E-state index is 0. The monoisotopic (exact) mass is 356 g/mol. The quantitative estimate of drug-likeness (QED) is 0.316. The molecule has 104 valence electrons. The topological polar surface area (TPSA) is 271 Å². The third-order valence-electron chi connectivity index (χ3n) is 0.413. The molecule has 0 radical (unpaired) electrons. The summed E-state index contributed by atoms with van der Waals surface area (Å²) in [6.45, 7) is 0. The molecule has 0 aliphatic heterocycles. The molecule has 0 heterocycles. The number of hydrogen-bond donors (Lipinski definition) is 3. The predicted octanol–water partition coefficient (Wildman–Crippen LogP) is -10.4. The third kappa shape index (κ3) is 26.8. The smallest absolute Gasteiger partial charge is 0.789 e. The minimum atomic E-state index is -5.85. The molecule has 1 unspecified atom stereocenters. The summed E-state index contributed by atoms with van der Waals surface area (Å²) in [6.07, 6.45) is 0. The van der Waals surface area contributed by atoms with Crippen LogP contribution in [0.4, 0.5) is 0 Å². The zero-order valence-electron chi connectivity index (χ0n) is 9.04. The summed E-state index contributed by atoms with van der Waals surface area (Å²) in [5, 5.41) is 0. The van der Waals surface area contributed by atoms with Crippen molar-refractivity contribution in [3.63, 3.8) is 0 Å². The van der Waals surface area contributed by atoms with Crippen molar-refractivity contribution in [2.75, 3.05) is 0 Å². The summed E-state index contributed by atoms with van der Waals surface area (Å²) in [5.74, 6) is 0. The van der Waals surface area contributed by atoms with Gasteiger partial charge in [0.15, 0.2) is 0 Å². The molecular formula is H9Na2O13P3. The van der Waals surface area contributed by atoms with Crippen molar-refractivity contribution in [2.24, 2.45) is 0 Å². The van der Waals surface area contributed by atoms with Crippen LogP contribution in [0.25, 0.3) is 0 Å². The van der Waals surface area contributed by atoms with E-state index < -0.39 is 23.5 Å². The summed E-state index contributed by atoms with van der Waals surface area (Å²) in [5.41, 5.74) is 0. The molecule has 1 atom stereocenters. The van der Waals surface area contributed by atoms with Crippen LogP contribution >= 0.6 is 23.5 Å². The molecule has 13 nitrogen and oxygen atoms in total. The van der Waals surface area contributed by atoms with E-state index in [2.05, 4.69) is 8.62 Å². The number of phosphoric acid groups is 3. The van der Waals surface area contributed by atoms with E-state index in [4.69, 9.17) is 14.7 Å². The van der Waals surface area contributed by atoms with Gasteiger partial charge in [-0.3, -0.25) is 4.31 Å². The van der Waals surface area contributed by atoms with Gasteiger partial charge >= 0.3 is 74.8 Å². The Labute approximate surface area is 144 Å². The first-order valence-corrected chi connectivity index (χ1v) is 6.73. The summed E-state index contributed by atoms with van der Waals surface area (Å²) in [7, 11) is -16.9. The van der Waals surface area contributed by atoms with E-state index in [9.17, 15) is 23.5 Å². The Bertz CT molecular complexity index is 282. The van der Waals surface area contributed by atoms with E-state index >= 15 is 0 Å². The van der Waals surface area contributed by atoms with Gasteiger partial charge in [0, 0.05) is 0 Å². The molecule has 0 rings (SSSR count). The maximum atomic E-state index is 10.3. The molecule has 0 aliphatic rings. The molecule has 0 aromatic carbocycles. The Kier molecular flexibility index (Phi) is 26.7. The van der Waals surface area contributed by atoms with Crippen LogP contribution in [0, 0.1) is 0 Å². The van der Waals surface area contributed by atoms with E-state index in [0.29, 0.717) is 0 Å². The fraction of sp³-hybridized carbons (Fsp3) is 0. The van der Waals surface area contributed by atoms with Crippen molar-refractivity contribution in [1.82, 2.24) is 0 Å². The molecule has 0 saturated carbocycles. The molecular weight excluding hydrogens is 347 g/mol. The summed E-state index contributed by atoms with van der Waals surface area (Å²) in [6, 6.07) is 0. The van der Waals surface area contributed by atoms with Gasteiger partial charge in [0.25, 0.3) is 0 Å². The number of hydrogen-bond acceptors (Lipinski definition) is 7. The van der Waals surface area contributed by atoms with Crippen molar-refractivity contribution in [3.05, 3.63) is 0 Å². The first-order chi connectivity index (χ1) is 5.41. The molecule has 9 N–H and O–H groups in total. The van der Waals surface area contributed by atoms with E-state index in [1.807, 2.05) is 0 Å². The molecule has 18 heavy (non-hydrogen) atoms. The maximum Gasteiger partial charge on any atom is 1.00 e.